The van der Waals surface area contributed by atoms with Crippen LogP contribution in [0.3, 0.4) is 0 Å². The van der Waals surface area contributed by atoms with Crippen LogP contribution < -0.4 is 4.72 Å². The number of halogens is 1. The van der Waals surface area contributed by atoms with E-state index in [1.807, 2.05) is 6.92 Å². The molecule has 7 heteroatoms. The number of aliphatic hydroxyl groups is 1. The number of hydrogen-bond acceptors (Lipinski definition) is 4. The molecule has 21 heavy (non-hydrogen) atoms. The Balaban J connectivity index is 2.33. The number of hydrogen-bond donors (Lipinski definition) is 2. The van der Waals surface area contributed by atoms with Crippen molar-refractivity contribution in [1.29, 1.82) is 0 Å². The predicted molar refractivity (Wildman–Crippen MR) is 82.9 cm³/mol. The van der Waals surface area contributed by atoms with Crippen LogP contribution in [0.25, 0.3) is 10.9 Å². The lowest BCUT2D eigenvalue weighted by molar-refractivity contribution is 0.270. The molecule has 1 heterocycles. The Morgan fingerprint density at radius 1 is 1.33 bits per heavy atom. The summed E-state index contributed by atoms with van der Waals surface area (Å²) in [6.45, 7) is 1.82. The second-order valence-electron chi connectivity index (χ2n) is 4.73. The van der Waals surface area contributed by atoms with Gasteiger partial charge in [-0.2, -0.15) is 0 Å². The second kappa shape index (κ2) is 6.70. The predicted octanol–water partition coefficient (Wildman–Crippen LogP) is 2.33. The van der Waals surface area contributed by atoms with Gasteiger partial charge in [-0.1, -0.05) is 18.5 Å². The number of rotatable bonds is 6. The zero-order valence-electron chi connectivity index (χ0n) is 11.6. The molecule has 0 radical (unpaired) electrons. The first-order valence-corrected chi connectivity index (χ1v) is 8.52. The molecule has 2 aromatic rings. The molecule has 1 aromatic carbocycles. The van der Waals surface area contributed by atoms with E-state index in [1.165, 1.54) is 6.07 Å². The smallest absolute Gasteiger partial charge is 0.240 e. The van der Waals surface area contributed by atoms with E-state index in [1.54, 1.807) is 24.3 Å². The van der Waals surface area contributed by atoms with Crippen molar-refractivity contribution >= 4 is 32.5 Å². The van der Waals surface area contributed by atoms with Crippen LogP contribution in [-0.2, 0) is 10.0 Å². The summed E-state index contributed by atoms with van der Waals surface area (Å²) in [6.07, 6.45) is 1.00. The lowest BCUT2D eigenvalue weighted by Crippen LogP contribution is -2.35. The molecule has 0 spiro atoms. The van der Waals surface area contributed by atoms with E-state index in [4.69, 9.17) is 16.7 Å². The summed E-state index contributed by atoms with van der Waals surface area (Å²) in [4.78, 5) is 4.30. The highest BCUT2D eigenvalue weighted by atomic mass is 35.5. The number of fused-ring (bicyclic) bond motifs is 1. The van der Waals surface area contributed by atoms with Gasteiger partial charge in [0.15, 0.2) is 0 Å². The van der Waals surface area contributed by atoms with Crippen molar-refractivity contribution in [2.45, 2.75) is 30.7 Å². The van der Waals surface area contributed by atoms with Gasteiger partial charge in [-0.25, -0.2) is 18.1 Å². The Hall–Kier alpha value is -1.21. The number of pyridine rings is 1. The highest BCUT2D eigenvalue weighted by molar-refractivity contribution is 7.89. The van der Waals surface area contributed by atoms with Crippen LogP contribution in [0, 0.1) is 0 Å². The minimum absolute atomic E-state index is 0.0544. The summed E-state index contributed by atoms with van der Waals surface area (Å²) in [7, 11) is -3.62. The van der Waals surface area contributed by atoms with Crippen LogP contribution >= 0.6 is 11.6 Å². The fourth-order valence-corrected chi connectivity index (χ4v) is 3.58. The lowest BCUT2D eigenvalue weighted by atomic mass is 10.2. The normalized spacial score (nSPS) is 13.5. The van der Waals surface area contributed by atoms with Gasteiger partial charge in [-0.3, -0.25) is 0 Å². The maximum atomic E-state index is 12.3. The van der Waals surface area contributed by atoms with Crippen LogP contribution in [0.4, 0.5) is 0 Å². The first kappa shape index (κ1) is 16.2. The summed E-state index contributed by atoms with van der Waals surface area (Å²) < 4.78 is 27.3. The van der Waals surface area contributed by atoms with E-state index in [0.29, 0.717) is 28.9 Å². The molecule has 1 atom stereocenters. The average Bonchev–Trinajstić information content (AvgIpc) is 2.45. The highest BCUT2D eigenvalue weighted by Crippen LogP contribution is 2.20. The first-order valence-electron chi connectivity index (χ1n) is 6.66. The molecular formula is C14H17ClN2O3S. The molecule has 0 saturated heterocycles. The molecule has 114 valence electrons. The van der Waals surface area contributed by atoms with E-state index in [-0.39, 0.29) is 17.5 Å². The van der Waals surface area contributed by atoms with E-state index >= 15 is 0 Å². The van der Waals surface area contributed by atoms with Gasteiger partial charge in [-0.15, -0.1) is 0 Å². The lowest BCUT2D eigenvalue weighted by Gasteiger charge is -2.16. The van der Waals surface area contributed by atoms with Gasteiger partial charge in [0.2, 0.25) is 10.0 Å². The average molecular weight is 329 g/mol. The molecule has 5 nitrogen and oxygen atoms in total. The van der Waals surface area contributed by atoms with Gasteiger partial charge in [-0.05, 0) is 43.2 Å². The number of nitrogens with zero attached hydrogens (tertiary/aromatic N) is 1. The Bertz CT molecular complexity index is 734. The van der Waals surface area contributed by atoms with Crippen LogP contribution in [0.5, 0.6) is 0 Å². The second-order valence-corrected chi connectivity index (χ2v) is 6.83. The van der Waals surface area contributed by atoms with Crippen LogP contribution in [-0.4, -0.2) is 31.2 Å². The Morgan fingerprint density at radius 2 is 2.10 bits per heavy atom. The molecule has 2 N–H and O–H groups in total. The number of nitrogens with one attached hydrogen (secondary N) is 1. The Morgan fingerprint density at radius 3 is 2.76 bits per heavy atom. The van der Waals surface area contributed by atoms with Crippen molar-refractivity contribution in [2.75, 3.05) is 6.61 Å². The van der Waals surface area contributed by atoms with Crippen LogP contribution in [0.2, 0.25) is 5.15 Å². The quantitative estimate of drug-likeness (QED) is 0.798. The van der Waals surface area contributed by atoms with E-state index in [9.17, 15) is 8.42 Å². The number of aliphatic hydroxyl groups excluding tert-OH is 1. The van der Waals surface area contributed by atoms with Crippen molar-refractivity contribution in [3.63, 3.8) is 0 Å². The Kier molecular flexibility index (Phi) is 5.16. The third-order valence-electron chi connectivity index (χ3n) is 3.23. The number of benzene rings is 1. The van der Waals surface area contributed by atoms with E-state index in [0.717, 1.165) is 0 Å². The van der Waals surface area contributed by atoms with Crippen molar-refractivity contribution in [1.82, 2.24) is 9.71 Å². The van der Waals surface area contributed by atoms with E-state index < -0.39 is 10.0 Å². The number of sulfonamides is 1. The monoisotopic (exact) mass is 328 g/mol. The topological polar surface area (TPSA) is 79.3 Å². The summed E-state index contributed by atoms with van der Waals surface area (Å²) >= 11 is 5.81. The van der Waals surface area contributed by atoms with Crippen molar-refractivity contribution in [2.24, 2.45) is 0 Å². The molecule has 0 amide bonds. The molecule has 0 fully saturated rings. The maximum absolute atomic E-state index is 12.3. The summed E-state index contributed by atoms with van der Waals surface area (Å²) in [5, 5.41) is 10.0. The minimum atomic E-state index is -3.62. The molecule has 0 aliphatic heterocycles. The third kappa shape index (κ3) is 3.91. The number of aromatic nitrogens is 1. The summed E-state index contributed by atoms with van der Waals surface area (Å²) in [6, 6.07) is 7.76. The SMILES string of the molecule is CCC(CCO)NS(=O)(=O)c1ccc2nc(Cl)ccc2c1. The zero-order valence-corrected chi connectivity index (χ0v) is 13.2. The fourth-order valence-electron chi connectivity index (χ4n) is 2.04. The molecule has 0 bridgehead atoms. The fraction of sp³-hybridized carbons (Fsp3) is 0.357. The summed E-state index contributed by atoms with van der Waals surface area (Å²) in [5.74, 6) is 0. The van der Waals surface area contributed by atoms with Crippen LogP contribution in [0.15, 0.2) is 35.2 Å². The Labute approximate surface area is 129 Å². The molecular weight excluding hydrogens is 312 g/mol. The molecule has 1 aromatic heterocycles. The van der Waals surface area contributed by atoms with Gasteiger partial charge < -0.3 is 5.11 Å². The van der Waals surface area contributed by atoms with Crippen LogP contribution in [0.1, 0.15) is 19.8 Å². The molecule has 2 rings (SSSR count). The van der Waals surface area contributed by atoms with E-state index in [2.05, 4.69) is 9.71 Å². The van der Waals surface area contributed by atoms with Crippen molar-refractivity contribution < 1.29 is 13.5 Å². The van der Waals surface area contributed by atoms with Gasteiger partial charge in [0.05, 0.1) is 10.4 Å². The van der Waals surface area contributed by atoms with Crippen molar-refractivity contribution in [3.05, 3.63) is 35.5 Å². The molecule has 0 aliphatic carbocycles. The minimum Gasteiger partial charge on any atom is -0.396 e. The highest BCUT2D eigenvalue weighted by Gasteiger charge is 2.19. The third-order valence-corrected chi connectivity index (χ3v) is 4.96. The largest absolute Gasteiger partial charge is 0.396 e. The van der Waals surface area contributed by atoms with Crippen molar-refractivity contribution in [3.8, 4) is 0 Å². The van der Waals surface area contributed by atoms with Gasteiger partial charge >= 0.3 is 0 Å². The standard InChI is InChI=1S/C14H17ClN2O3S/c1-2-11(7-8-18)17-21(19,20)12-4-5-13-10(9-12)3-6-14(15)16-13/h3-6,9,11,17-18H,2,7-8H2,1H3. The van der Waals surface area contributed by atoms with Gasteiger partial charge in [0.1, 0.15) is 5.15 Å². The van der Waals surface area contributed by atoms with Gasteiger partial charge in [0, 0.05) is 18.0 Å². The first-order chi connectivity index (χ1) is 9.96. The summed E-state index contributed by atoms with van der Waals surface area (Å²) in [5.41, 5.74) is 0.642. The van der Waals surface area contributed by atoms with Gasteiger partial charge in [0.25, 0.3) is 0 Å². The zero-order chi connectivity index (χ0) is 15.5. The molecule has 0 saturated carbocycles. The maximum Gasteiger partial charge on any atom is 0.240 e. The molecule has 1 unspecified atom stereocenters. The molecule has 0 aliphatic rings.